The molecular formula is C21H17FN4O2S. The van der Waals surface area contributed by atoms with Gasteiger partial charge in [0.05, 0.1) is 11.4 Å². The van der Waals surface area contributed by atoms with Gasteiger partial charge >= 0.3 is 0 Å². The maximum Gasteiger partial charge on any atom is 0.196 e. The molecule has 146 valence electrons. The van der Waals surface area contributed by atoms with Crippen LogP contribution in [-0.4, -0.2) is 31.3 Å². The predicted octanol–water partition coefficient (Wildman–Crippen LogP) is 4.29. The van der Waals surface area contributed by atoms with Crippen molar-refractivity contribution in [3.63, 3.8) is 0 Å². The van der Waals surface area contributed by atoms with Crippen molar-refractivity contribution < 1.29 is 13.9 Å². The van der Waals surface area contributed by atoms with E-state index in [1.807, 2.05) is 34.9 Å². The predicted molar refractivity (Wildman–Crippen MR) is 108 cm³/mol. The van der Waals surface area contributed by atoms with Gasteiger partial charge < -0.3 is 9.72 Å². The van der Waals surface area contributed by atoms with Crippen molar-refractivity contribution in [3.05, 3.63) is 90.3 Å². The number of hydrogen-bond acceptors (Lipinski definition) is 5. The smallest absolute Gasteiger partial charge is 0.196 e. The third-order valence-electron chi connectivity index (χ3n) is 4.14. The summed E-state index contributed by atoms with van der Waals surface area (Å²) in [5.74, 6) is 0.385. The Bertz CT molecular complexity index is 1100. The van der Waals surface area contributed by atoms with Crippen LogP contribution in [-0.2, 0) is 6.61 Å². The summed E-state index contributed by atoms with van der Waals surface area (Å²) < 4.78 is 21.3. The number of nitrogens with zero attached hydrogens (tertiary/aromatic N) is 3. The molecule has 0 amide bonds. The number of rotatable bonds is 8. The Kier molecular flexibility index (Phi) is 5.71. The fourth-order valence-corrected chi connectivity index (χ4v) is 3.59. The largest absolute Gasteiger partial charge is 0.483 e. The maximum atomic E-state index is 13.9. The molecule has 4 rings (SSSR count). The minimum atomic E-state index is -0.440. The third kappa shape index (κ3) is 4.38. The number of ketones is 1. The lowest BCUT2D eigenvalue weighted by Crippen LogP contribution is -2.08. The number of H-pyrrole nitrogens is 1. The topological polar surface area (TPSA) is 72.8 Å². The molecule has 2 aromatic heterocycles. The van der Waals surface area contributed by atoms with Crippen LogP contribution in [0.2, 0.25) is 0 Å². The first-order valence-corrected chi connectivity index (χ1v) is 9.87. The van der Waals surface area contributed by atoms with E-state index in [2.05, 4.69) is 15.2 Å². The molecule has 0 atom stereocenters. The normalized spacial score (nSPS) is 10.8. The zero-order valence-electron chi connectivity index (χ0n) is 15.3. The Morgan fingerprint density at radius 1 is 1.03 bits per heavy atom. The van der Waals surface area contributed by atoms with Gasteiger partial charge in [0, 0.05) is 11.9 Å². The fraction of sp³-hybridized carbons (Fsp3) is 0.0952. The molecule has 2 aromatic carbocycles. The van der Waals surface area contributed by atoms with Crippen molar-refractivity contribution in [2.24, 2.45) is 0 Å². The number of aromatic nitrogens is 4. The summed E-state index contributed by atoms with van der Waals surface area (Å²) >= 11 is 1.28. The van der Waals surface area contributed by atoms with Crippen LogP contribution in [0, 0.1) is 5.82 Å². The minimum Gasteiger partial charge on any atom is -0.483 e. The number of halogens is 1. The highest BCUT2D eigenvalue weighted by Gasteiger charge is 2.17. The zero-order valence-corrected chi connectivity index (χ0v) is 16.1. The number of Topliss-reactive ketones (excluding diaryl/α,β-unsaturated/α-hetero) is 1. The van der Waals surface area contributed by atoms with Gasteiger partial charge in [0.1, 0.15) is 6.61 Å². The Morgan fingerprint density at radius 3 is 2.59 bits per heavy atom. The molecule has 4 aromatic rings. The van der Waals surface area contributed by atoms with E-state index in [-0.39, 0.29) is 23.9 Å². The lowest BCUT2D eigenvalue weighted by Gasteiger charge is -2.11. The van der Waals surface area contributed by atoms with Crippen LogP contribution in [0.5, 0.6) is 5.75 Å². The summed E-state index contributed by atoms with van der Waals surface area (Å²) in [7, 11) is 0. The number of aromatic amines is 1. The van der Waals surface area contributed by atoms with Gasteiger partial charge in [0.2, 0.25) is 0 Å². The Labute approximate surface area is 170 Å². The van der Waals surface area contributed by atoms with Crippen LogP contribution in [0.25, 0.3) is 5.69 Å². The molecule has 0 aliphatic rings. The first-order chi connectivity index (χ1) is 14.2. The Balaban J connectivity index is 1.57. The lowest BCUT2D eigenvalue weighted by atomic mass is 10.3. The molecule has 8 heteroatoms. The molecular weight excluding hydrogens is 391 g/mol. The van der Waals surface area contributed by atoms with Crippen molar-refractivity contribution in [1.82, 2.24) is 19.7 Å². The van der Waals surface area contributed by atoms with E-state index in [1.165, 1.54) is 17.8 Å². The number of ether oxygens (including phenoxy) is 1. The average Bonchev–Trinajstić information content (AvgIpc) is 3.42. The monoisotopic (exact) mass is 408 g/mol. The molecule has 6 nitrogen and oxygen atoms in total. The summed E-state index contributed by atoms with van der Waals surface area (Å²) in [6.07, 6.45) is 1.71. The van der Waals surface area contributed by atoms with Crippen molar-refractivity contribution >= 4 is 17.5 Å². The quantitative estimate of drug-likeness (QED) is 0.348. The van der Waals surface area contributed by atoms with Crippen LogP contribution < -0.4 is 4.74 Å². The van der Waals surface area contributed by atoms with Gasteiger partial charge in [0.15, 0.2) is 28.3 Å². The van der Waals surface area contributed by atoms with Crippen LogP contribution in [0.15, 0.2) is 78.1 Å². The maximum absolute atomic E-state index is 13.9. The molecule has 0 saturated carbocycles. The lowest BCUT2D eigenvalue weighted by molar-refractivity contribution is 0.101. The molecule has 29 heavy (non-hydrogen) atoms. The van der Waals surface area contributed by atoms with Crippen molar-refractivity contribution in [2.45, 2.75) is 11.8 Å². The summed E-state index contributed by atoms with van der Waals surface area (Å²) in [5.41, 5.74) is 1.38. The molecule has 2 heterocycles. The molecule has 0 unspecified atom stereocenters. The summed E-state index contributed by atoms with van der Waals surface area (Å²) in [5, 5.41) is 8.98. The molecule has 0 spiro atoms. The summed E-state index contributed by atoms with van der Waals surface area (Å²) in [4.78, 5) is 15.2. The van der Waals surface area contributed by atoms with Crippen LogP contribution in [0.4, 0.5) is 4.39 Å². The van der Waals surface area contributed by atoms with Crippen LogP contribution in [0.1, 0.15) is 16.3 Å². The van der Waals surface area contributed by atoms with Gasteiger partial charge in [-0.25, -0.2) is 4.39 Å². The molecule has 0 fully saturated rings. The highest BCUT2D eigenvalue weighted by molar-refractivity contribution is 7.99. The van der Waals surface area contributed by atoms with Gasteiger partial charge in [-0.3, -0.25) is 9.36 Å². The number of carbonyl (C=O) groups excluding carboxylic acids is 1. The summed E-state index contributed by atoms with van der Waals surface area (Å²) in [6, 6.07) is 19.2. The van der Waals surface area contributed by atoms with E-state index in [0.29, 0.717) is 16.7 Å². The van der Waals surface area contributed by atoms with Crippen molar-refractivity contribution in [3.8, 4) is 11.4 Å². The first kappa shape index (κ1) is 18.9. The minimum absolute atomic E-state index is 0.0354. The van der Waals surface area contributed by atoms with Crippen LogP contribution >= 0.6 is 11.8 Å². The van der Waals surface area contributed by atoms with Gasteiger partial charge in [-0.1, -0.05) is 42.1 Å². The third-order valence-corrected chi connectivity index (χ3v) is 5.07. The number of para-hydroxylation sites is 2. The second-order valence-corrected chi connectivity index (χ2v) is 7.03. The number of thioether (sulfide) groups is 1. The number of hydrogen-bond donors (Lipinski definition) is 1. The van der Waals surface area contributed by atoms with E-state index < -0.39 is 5.82 Å². The Morgan fingerprint density at radius 2 is 1.83 bits per heavy atom. The van der Waals surface area contributed by atoms with E-state index in [4.69, 9.17) is 4.74 Å². The SMILES string of the molecule is O=C(CSc1nnc(COc2ccccc2F)n1-c1ccccc1)c1ccc[nH]1. The molecule has 0 aliphatic carbocycles. The van der Waals surface area contributed by atoms with Gasteiger partial charge in [-0.05, 0) is 36.4 Å². The molecule has 0 radical (unpaired) electrons. The number of benzene rings is 2. The first-order valence-electron chi connectivity index (χ1n) is 8.89. The second kappa shape index (κ2) is 8.74. The number of nitrogens with one attached hydrogen (secondary N) is 1. The zero-order chi connectivity index (χ0) is 20.1. The van der Waals surface area contributed by atoms with E-state index >= 15 is 0 Å². The van der Waals surface area contributed by atoms with Gasteiger partial charge in [0.25, 0.3) is 0 Å². The molecule has 0 saturated heterocycles. The van der Waals surface area contributed by atoms with Crippen molar-refractivity contribution in [1.29, 1.82) is 0 Å². The van der Waals surface area contributed by atoms with Crippen LogP contribution in [0.3, 0.4) is 0 Å². The van der Waals surface area contributed by atoms with Crippen molar-refractivity contribution in [2.75, 3.05) is 5.75 Å². The molecule has 0 aliphatic heterocycles. The second-order valence-electron chi connectivity index (χ2n) is 6.08. The average molecular weight is 408 g/mol. The van der Waals surface area contributed by atoms with Gasteiger partial charge in [-0.15, -0.1) is 10.2 Å². The standard InChI is InChI=1S/C21H17FN4O2S/c22-16-9-4-5-11-19(16)28-13-20-24-25-21(26(20)15-7-2-1-3-8-15)29-14-18(27)17-10-6-12-23-17/h1-12,23H,13-14H2. The van der Waals surface area contributed by atoms with E-state index in [0.717, 1.165) is 5.69 Å². The highest BCUT2D eigenvalue weighted by Crippen LogP contribution is 2.24. The molecule has 1 N–H and O–H groups in total. The molecule has 0 bridgehead atoms. The highest BCUT2D eigenvalue weighted by atomic mass is 32.2. The van der Waals surface area contributed by atoms with Gasteiger partial charge in [-0.2, -0.15) is 0 Å². The number of carbonyl (C=O) groups is 1. The van der Waals surface area contributed by atoms with E-state index in [1.54, 1.807) is 36.5 Å². The summed E-state index contributed by atoms with van der Waals surface area (Å²) in [6.45, 7) is 0.0357. The Hall–Kier alpha value is -3.39. The van der Waals surface area contributed by atoms with E-state index in [9.17, 15) is 9.18 Å². The fourth-order valence-electron chi connectivity index (χ4n) is 2.74.